The predicted octanol–water partition coefficient (Wildman–Crippen LogP) is 3.06. The molecule has 3 N–H and O–H groups in total. The monoisotopic (exact) mass is 225 g/mol. The number of nitrogens with one attached hydrogen (secondary N) is 1. The van der Waals surface area contributed by atoms with Gasteiger partial charge in [0.2, 0.25) is 0 Å². The number of nitrogens with two attached hydrogens (primary N) is 1. The summed E-state index contributed by atoms with van der Waals surface area (Å²) in [6.45, 7) is 2.22. The second-order valence-corrected chi connectivity index (χ2v) is 4.89. The Kier molecular flexibility index (Phi) is 2.74. The topological polar surface area (TPSA) is 50.9 Å². The van der Waals surface area contributed by atoms with Gasteiger partial charge in [-0.25, -0.2) is 4.98 Å². The Morgan fingerprint density at radius 2 is 2.07 bits per heavy atom. The molecule has 0 spiro atoms. The minimum Gasteiger partial charge on any atom is -0.399 e. The maximum absolute atomic E-state index is 5.85. The van der Waals surface area contributed by atoms with Gasteiger partial charge in [0.05, 0.1) is 0 Å². The van der Waals surface area contributed by atoms with Crippen molar-refractivity contribution in [3.05, 3.63) is 17.3 Å². The van der Waals surface area contributed by atoms with Crippen LogP contribution in [0.25, 0.3) is 0 Å². The van der Waals surface area contributed by atoms with E-state index in [1.165, 1.54) is 25.7 Å². The summed E-state index contributed by atoms with van der Waals surface area (Å²) in [5, 5.41) is 3.87. The highest BCUT2D eigenvalue weighted by molar-refractivity contribution is 6.29. The molecule has 0 unspecified atom stereocenters. The molecule has 0 amide bonds. The van der Waals surface area contributed by atoms with E-state index in [1.54, 1.807) is 6.07 Å². The molecule has 0 bridgehead atoms. The average molecular weight is 226 g/mol. The maximum Gasteiger partial charge on any atom is 0.133 e. The van der Waals surface area contributed by atoms with Crippen LogP contribution in [-0.4, -0.2) is 10.5 Å². The van der Waals surface area contributed by atoms with Crippen molar-refractivity contribution in [2.45, 2.75) is 38.1 Å². The van der Waals surface area contributed by atoms with Crippen molar-refractivity contribution in [3.8, 4) is 0 Å². The number of pyridine rings is 1. The highest BCUT2D eigenvalue weighted by atomic mass is 35.5. The van der Waals surface area contributed by atoms with Gasteiger partial charge in [-0.15, -0.1) is 0 Å². The fourth-order valence-electron chi connectivity index (χ4n) is 2.17. The van der Waals surface area contributed by atoms with Gasteiger partial charge in [0, 0.05) is 17.3 Å². The molecule has 1 saturated carbocycles. The summed E-state index contributed by atoms with van der Waals surface area (Å²) in [7, 11) is 0. The lowest BCUT2D eigenvalue weighted by Gasteiger charge is -2.26. The molecule has 1 aromatic rings. The zero-order valence-corrected chi connectivity index (χ0v) is 9.64. The first-order chi connectivity index (χ1) is 7.07. The molecule has 0 radical (unpaired) electrons. The molecule has 2 rings (SSSR count). The molecule has 0 aromatic carbocycles. The molecule has 1 aliphatic rings. The highest BCUT2D eigenvalue weighted by Gasteiger charge is 2.28. The van der Waals surface area contributed by atoms with Crippen LogP contribution in [0.5, 0.6) is 0 Å². The van der Waals surface area contributed by atoms with Crippen molar-refractivity contribution in [2.75, 3.05) is 11.1 Å². The Balaban J connectivity index is 2.16. The summed E-state index contributed by atoms with van der Waals surface area (Å²) in [5.74, 6) is 0.782. The number of halogens is 1. The van der Waals surface area contributed by atoms with Gasteiger partial charge in [-0.05, 0) is 25.8 Å². The number of rotatable bonds is 2. The lowest BCUT2D eigenvalue weighted by molar-refractivity contribution is 0.531. The fraction of sp³-hybridized carbons (Fsp3) is 0.545. The standard InChI is InChI=1S/C11H16ClN3/c1-11(4-2-3-5-11)15-10-7-8(13)6-9(12)14-10/h6-7H,2-5H2,1H3,(H3,13,14,15). The number of hydrogen-bond donors (Lipinski definition) is 2. The van der Waals surface area contributed by atoms with E-state index in [2.05, 4.69) is 17.2 Å². The van der Waals surface area contributed by atoms with Gasteiger partial charge >= 0.3 is 0 Å². The first-order valence-electron chi connectivity index (χ1n) is 5.29. The van der Waals surface area contributed by atoms with Crippen molar-refractivity contribution in [3.63, 3.8) is 0 Å². The fourth-order valence-corrected chi connectivity index (χ4v) is 2.39. The summed E-state index contributed by atoms with van der Waals surface area (Å²) in [6, 6.07) is 3.49. The molecule has 1 heterocycles. The molecule has 4 heteroatoms. The van der Waals surface area contributed by atoms with Crippen molar-refractivity contribution in [2.24, 2.45) is 0 Å². The SMILES string of the molecule is CC1(Nc2cc(N)cc(Cl)n2)CCCC1. The highest BCUT2D eigenvalue weighted by Crippen LogP contribution is 2.32. The van der Waals surface area contributed by atoms with E-state index in [1.807, 2.05) is 6.07 Å². The van der Waals surface area contributed by atoms with Crippen LogP contribution in [0.4, 0.5) is 11.5 Å². The van der Waals surface area contributed by atoms with Crippen LogP contribution in [0.1, 0.15) is 32.6 Å². The minimum atomic E-state index is 0.157. The smallest absolute Gasteiger partial charge is 0.133 e. The first-order valence-corrected chi connectivity index (χ1v) is 5.66. The Morgan fingerprint density at radius 3 is 2.67 bits per heavy atom. The average Bonchev–Trinajstić information content (AvgIpc) is 2.49. The van der Waals surface area contributed by atoms with Gasteiger partial charge in [0.15, 0.2) is 0 Å². The number of nitrogens with zero attached hydrogens (tertiary/aromatic N) is 1. The third kappa shape index (κ3) is 2.53. The van der Waals surface area contributed by atoms with E-state index in [-0.39, 0.29) is 5.54 Å². The summed E-state index contributed by atoms with van der Waals surface area (Å²) in [5.41, 5.74) is 6.52. The van der Waals surface area contributed by atoms with Gasteiger partial charge in [0.1, 0.15) is 11.0 Å². The first kappa shape index (κ1) is 10.6. The van der Waals surface area contributed by atoms with Gasteiger partial charge < -0.3 is 11.1 Å². The van der Waals surface area contributed by atoms with Crippen LogP contribution in [0.3, 0.4) is 0 Å². The Bertz CT molecular complexity index is 339. The normalized spacial score (nSPS) is 19.1. The van der Waals surface area contributed by atoms with E-state index >= 15 is 0 Å². The molecule has 82 valence electrons. The van der Waals surface area contributed by atoms with E-state index in [9.17, 15) is 0 Å². The predicted molar refractivity (Wildman–Crippen MR) is 64.2 cm³/mol. The molecule has 15 heavy (non-hydrogen) atoms. The molecule has 3 nitrogen and oxygen atoms in total. The second kappa shape index (κ2) is 3.89. The number of nitrogen functional groups attached to an aromatic ring is 1. The van der Waals surface area contributed by atoms with Crippen LogP contribution in [0.2, 0.25) is 5.15 Å². The molecule has 1 aromatic heterocycles. The number of aromatic nitrogens is 1. The Labute approximate surface area is 95.0 Å². The largest absolute Gasteiger partial charge is 0.399 e. The van der Waals surface area contributed by atoms with Crippen LogP contribution in [0.15, 0.2) is 12.1 Å². The van der Waals surface area contributed by atoms with Gasteiger partial charge in [-0.1, -0.05) is 24.4 Å². The van der Waals surface area contributed by atoms with Crippen molar-refractivity contribution >= 4 is 23.1 Å². The maximum atomic E-state index is 5.85. The van der Waals surface area contributed by atoms with Crippen LogP contribution >= 0.6 is 11.6 Å². The summed E-state index contributed by atoms with van der Waals surface area (Å²) in [4.78, 5) is 4.22. The van der Waals surface area contributed by atoms with Crippen molar-refractivity contribution < 1.29 is 0 Å². The van der Waals surface area contributed by atoms with E-state index in [0.717, 1.165) is 5.82 Å². The molecule has 0 saturated heterocycles. The Morgan fingerprint density at radius 1 is 1.40 bits per heavy atom. The lowest BCUT2D eigenvalue weighted by Crippen LogP contribution is -2.31. The zero-order valence-electron chi connectivity index (χ0n) is 8.89. The zero-order chi connectivity index (χ0) is 10.9. The summed E-state index contributed by atoms with van der Waals surface area (Å²) < 4.78 is 0. The van der Waals surface area contributed by atoms with Crippen LogP contribution in [0, 0.1) is 0 Å². The van der Waals surface area contributed by atoms with E-state index < -0.39 is 0 Å². The van der Waals surface area contributed by atoms with Crippen molar-refractivity contribution in [1.82, 2.24) is 4.98 Å². The van der Waals surface area contributed by atoms with Gasteiger partial charge in [-0.3, -0.25) is 0 Å². The van der Waals surface area contributed by atoms with Crippen molar-refractivity contribution in [1.29, 1.82) is 0 Å². The van der Waals surface area contributed by atoms with Crippen LogP contribution < -0.4 is 11.1 Å². The second-order valence-electron chi connectivity index (χ2n) is 4.50. The molecular formula is C11H16ClN3. The molecule has 0 aliphatic heterocycles. The van der Waals surface area contributed by atoms with E-state index in [0.29, 0.717) is 10.8 Å². The quantitative estimate of drug-likeness (QED) is 0.761. The van der Waals surface area contributed by atoms with E-state index in [4.69, 9.17) is 17.3 Å². The summed E-state index contributed by atoms with van der Waals surface area (Å²) >= 11 is 5.85. The Hall–Kier alpha value is -0.960. The molecular weight excluding hydrogens is 210 g/mol. The van der Waals surface area contributed by atoms with Gasteiger partial charge in [-0.2, -0.15) is 0 Å². The molecule has 1 aliphatic carbocycles. The molecule has 1 fully saturated rings. The summed E-state index contributed by atoms with van der Waals surface area (Å²) in [6.07, 6.45) is 4.92. The minimum absolute atomic E-state index is 0.157. The van der Waals surface area contributed by atoms with Crippen LogP contribution in [-0.2, 0) is 0 Å². The third-order valence-electron chi connectivity index (χ3n) is 2.95. The number of anilines is 2. The van der Waals surface area contributed by atoms with Gasteiger partial charge in [0.25, 0.3) is 0 Å². The third-order valence-corrected chi connectivity index (χ3v) is 3.15. The molecule has 0 atom stereocenters. The number of hydrogen-bond acceptors (Lipinski definition) is 3. The lowest BCUT2D eigenvalue weighted by atomic mass is 10.0.